The summed E-state index contributed by atoms with van der Waals surface area (Å²) in [6.45, 7) is 0.727. The Hall–Kier alpha value is -5.82. The molecule has 5 aromatic rings. The average Bonchev–Trinajstić information content (AvgIpc) is 3.54. The maximum absolute atomic E-state index is 13.8. The van der Waals surface area contributed by atoms with E-state index in [4.69, 9.17) is 9.47 Å². The zero-order valence-corrected chi connectivity index (χ0v) is 25.9. The van der Waals surface area contributed by atoms with E-state index in [-0.39, 0.29) is 37.5 Å². The number of carbonyl (C=O) groups excluding carboxylic acids is 3. The molecule has 2 atom stereocenters. The van der Waals surface area contributed by atoms with Crippen molar-refractivity contribution in [2.24, 2.45) is 0 Å². The Kier molecular flexibility index (Phi) is 8.67. The minimum atomic E-state index is -0.564. The number of nitrogens with one attached hydrogen (secondary N) is 2. The molecule has 3 amide bonds. The van der Waals surface area contributed by atoms with Crippen LogP contribution < -0.4 is 20.1 Å². The molecule has 3 aliphatic heterocycles. The lowest BCUT2D eigenvalue weighted by Crippen LogP contribution is -2.58. The molecule has 244 valence electrons. The maximum Gasteiger partial charge on any atom is 0.259 e. The Balaban J connectivity index is 1.18. The molecule has 48 heavy (non-hydrogen) atoms. The molecule has 0 radical (unpaired) electrons. The highest BCUT2D eigenvalue weighted by molar-refractivity contribution is 6.00. The molecular weight excluding hydrogens is 614 g/mol. The van der Waals surface area contributed by atoms with Gasteiger partial charge in [0.15, 0.2) is 12.3 Å². The molecule has 0 spiro atoms. The highest BCUT2D eigenvalue weighted by Crippen LogP contribution is 2.26. The van der Waals surface area contributed by atoms with Gasteiger partial charge in [0.05, 0.1) is 17.8 Å². The maximum atomic E-state index is 13.8. The third kappa shape index (κ3) is 6.67. The van der Waals surface area contributed by atoms with Crippen molar-refractivity contribution in [3.8, 4) is 22.6 Å². The summed E-state index contributed by atoms with van der Waals surface area (Å²) in [6.07, 6.45) is 8.45. The highest BCUT2D eigenvalue weighted by atomic mass is 16.5. The Labute approximate surface area is 275 Å². The van der Waals surface area contributed by atoms with Gasteiger partial charge in [0.1, 0.15) is 23.2 Å². The first-order valence-corrected chi connectivity index (χ1v) is 15.7. The molecule has 0 aliphatic carbocycles. The minimum Gasteiger partial charge on any atom is -0.488 e. The van der Waals surface area contributed by atoms with Gasteiger partial charge in [-0.2, -0.15) is 5.10 Å². The number of aromatic nitrogens is 4. The van der Waals surface area contributed by atoms with E-state index in [9.17, 15) is 19.5 Å². The molecule has 0 unspecified atom stereocenters. The number of rotatable bonds is 3. The fourth-order valence-corrected chi connectivity index (χ4v) is 5.89. The lowest BCUT2D eigenvalue weighted by atomic mass is 10.00. The quantitative estimate of drug-likeness (QED) is 0.267. The third-order valence-electron chi connectivity index (χ3n) is 8.43. The number of fused-ring (bicyclic) bond motifs is 8. The number of hydrogen-bond acceptors (Lipinski definition) is 9. The number of likely N-dealkylation sites (tertiary alicyclic amines) is 1. The number of nitrogens with zero attached hydrogens (tertiary/aromatic N) is 5. The summed E-state index contributed by atoms with van der Waals surface area (Å²) in [5, 5.41) is 19.6. The second-order valence-electron chi connectivity index (χ2n) is 11.7. The van der Waals surface area contributed by atoms with Gasteiger partial charge in [-0.05, 0) is 53.4 Å². The van der Waals surface area contributed by atoms with E-state index >= 15 is 0 Å². The lowest BCUT2D eigenvalue weighted by Gasteiger charge is -2.38. The Morgan fingerprint density at radius 2 is 1.83 bits per heavy atom. The first-order chi connectivity index (χ1) is 23.4. The Bertz CT molecular complexity index is 1980. The van der Waals surface area contributed by atoms with E-state index in [0.717, 1.165) is 16.7 Å². The number of hydrogen-bond donors (Lipinski definition) is 3. The van der Waals surface area contributed by atoms with Gasteiger partial charge in [0, 0.05) is 63.0 Å². The summed E-state index contributed by atoms with van der Waals surface area (Å²) >= 11 is 0. The van der Waals surface area contributed by atoms with Crippen LogP contribution in [0.4, 0.5) is 0 Å². The smallest absolute Gasteiger partial charge is 0.259 e. The number of carbonyl (C=O) groups is 3. The summed E-state index contributed by atoms with van der Waals surface area (Å²) < 4.78 is 13.7. The standard InChI is InChI=1S/C35H33N7O6/c43-11-9-23-15-38-33-29(18-39-42(33)19-23)35(46)41-10-8-31-30(20-41)40-34(45)26-12-25(16-36-17-26)24-2-1-3-28(13-24)47-21-32(44)37-14-22-4-6-27(48-31)7-5-22/h1-7,12-13,15-19,30-31,43H,8-11,14,20-21H2,(H,37,44)(H,40,45)/t30-,31+/m1/s1. The van der Waals surface area contributed by atoms with Gasteiger partial charge in [-0.15, -0.1) is 0 Å². The highest BCUT2D eigenvalue weighted by Gasteiger charge is 2.35. The summed E-state index contributed by atoms with van der Waals surface area (Å²) in [4.78, 5) is 50.5. The molecule has 1 fully saturated rings. The molecule has 3 N–H and O–H groups in total. The number of aliphatic hydroxyl groups excluding tert-OH is 1. The zero-order valence-electron chi connectivity index (χ0n) is 25.9. The van der Waals surface area contributed by atoms with Crippen molar-refractivity contribution in [1.82, 2.24) is 35.1 Å². The first kappa shape index (κ1) is 30.8. The molecule has 0 saturated carbocycles. The van der Waals surface area contributed by atoms with E-state index in [1.54, 1.807) is 41.7 Å². The zero-order chi connectivity index (χ0) is 33.0. The monoisotopic (exact) mass is 647 g/mol. The van der Waals surface area contributed by atoms with Gasteiger partial charge in [-0.25, -0.2) is 9.50 Å². The Morgan fingerprint density at radius 1 is 0.979 bits per heavy atom. The molecule has 3 aliphatic rings. The van der Waals surface area contributed by atoms with Crippen LogP contribution in [0.2, 0.25) is 0 Å². The van der Waals surface area contributed by atoms with E-state index in [1.165, 1.54) is 16.9 Å². The van der Waals surface area contributed by atoms with Gasteiger partial charge in [0.2, 0.25) is 0 Å². The van der Waals surface area contributed by atoms with Gasteiger partial charge in [-0.1, -0.05) is 24.3 Å². The molecule has 6 bridgehead atoms. The van der Waals surface area contributed by atoms with E-state index in [0.29, 0.717) is 59.8 Å². The number of aliphatic hydroxyl groups is 1. The van der Waals surface area contributed by atoms with Crippen LogP contribution in [0.5, 0.6) is 11.5 Å². The fraction of sp³-hybridized carbons (Fsp3) is 0.257. The largest absolute Gasteiger partial charge is 0.488 e. The molecule has 13 heteroatoms. The Morgan fingerprint density at radius 3 is 2.69 bits per heavy atom. The van der Waals surface area contributed by atoms with Crippen LogP contribution in [0.25, 0.3) is 16.8 Å². The topological polar surface area (TPSA) is 160 Å². The summed E-state index contributed by atoms with van der Waals surface area (Å²) in [7, 11) is 0. The van der Waals surface area contributed by atoms with Crippen LogP contribution in [0.15, 0.2) is 85.6 Å². The van der Waals surface area contributed by atoms with E-state index in [2.05, 4.69) is 25.7 Å². The van der Waals surface area contributed by atoms with Gasteiger partial charge in [0.25, 0.3) is 17.7 Å². The second kappa shape index (κ2) is 13.5. The molecule has 1 saturated heterocycles. The van der Waals surface area contributed by atoms with Crippen molar-refractivity contribution in [2.45, 2.75) is 31.5 Å². The molecule has 6 heterocycles. The van der Waals surface area contributed by atoms with Crippen LogP contribution in [0, 0.1) is 0 Å². The van der Waals surface area contributed by atoms with Crippen molar-refractivity contribution in [2.75, 3.05) is 26.3 Å². The first-order valence-electron chi connectivity index (χ1n) is 15.7. The number of piperidine rings is 1. The van der Waals surface area contributed by atoms with Crippen molar-refractivity contribution in [3.63, 3.8) is 0 Å². The lowest BCUT2D eigenvalue weighted by molar-refractivity contribution is -0.123. The van der Waals surface area contributed by atoms with Crippen molar-refractivity contribution < 1.29 is 29.0 Å². The van der Waals surface area contributed by atoms with Crippen LogP contribution in [-0.2, 0) is 17.8 Å². The minimum absolute atomic E-state index is 0.0186. The number of pyridine rings is 1. The van der Waals surface area contributed by atoms with Crippen LogP contribution in [-0.4, -0.2) is 85.8 Å². The summed E-state index contributed by atoms with van der Waals surface area (Å²) in [5.74, 6) is 0.226. The van der Waals surface area contributed by atoms with Gasteiger partial charge in [-0.3, -0.25) is 19.4 Å². The summed E-state index contributed by atoms with van der Waals surface area (Å²) in [6, 6.07) is 15.8. The van der Waals surface area contributed by atoms with E-state index in [1.807, 2.05) is 36.4 Å². The number of amides is 3. The fourth-order valence-electron chi connectivity index (χ4n) is 5.89. The molecule has 8 rings (SSSR count). The van der Waals surface area contributed by atoms with Crippen molar-refractivity contribution in [1.29, 1.82) is 0 Å². The SMILES string of the molecule is O=C1COc2cccc(c2)-c2cncc(c2)C(=O)N[C@@H]2CN(C(=O)c3cnn4cc(CCO)cnc34)CC[C@@H]2Oc2ccc(cc2)CN1. The second-order valence-corrected chi connectivity index (χ2v) is 11.7. The number of benzene rings is 2. The predicted molar refractivity (Wildman–Crippen MR) is 173 cm³/mol. The normalized spacial score (nSPS) is 18.2. The van der Waals surface area contributed by atoms with Gasteiger partial charge < -0.3 is 30.1 Å². The van der Waals surface area contributed by atoms with E-state index < -0.39 is 12.1 Å². The van der Waals surface area contributed by atoms with Crippen LogP contribution in [0.3, 0.4) is 0 Å². The molecule has 13 nitrogen and oxygen atoms in total. The van der Waals surface area contributed by atoms with Crippen LogP contribution in [0.1, 0.15) is 38.3 Å². The van der Waals surface area contributed by atoms with Crippen molar-refractivity contribution in [3.05, 3.63) is 108 Å². The molecular formula is C35H33N7O6. The predicted octanol–water partition coefficient (Wildman–Crippen LogP) is 2.43. The van der Waals surface area contributed by atoms with Crippen LogP contribution >= 0.6 is 0 Å². The summed E-state index contributed by atoms with van der Waals surface area (Å²) in [5.41, 5.74) is 4.24. The van der Waals surface area contributed by atoms with Crippen molar-refractivity contribution >= 4 is 23.4 Å². The third-order valence-corrected chi connectivity index (χ3v) is 8.43. The average molecular weight is 648 g/mol. The molecule has 2 aromatic carbocycles. The number of ether oxygens (including phenoxy) is 2. The van der Waals surface area contributed by atoms with Gasteiger partial charge >= 0.3 is 0 Å². The molecule has 3 aromatic heterocycles.